The van der Waals surface area contributed by atoms with Crippen molar-refractivity contribution in [2.24, 2.45) is 4.99 Å². The lowest BCUT2D eigenvalue weighted by Gasteiger charge is -2.22. The van der Waals surface area contributed by atoms with E-state index in [4.69, 9.17) is 4.99 Å². The predicted molar refractivity (Wildman–Crippen MR) is 118 cm³/mol. The third-order valence-corrected chi connectivity index (χ3v) is 4.80. The van der Waals surface area contributed by atoms with Crippen molar-refractivity contribution in [1.29, 1.82) is 0 Å². The topological polar surface area (TPSA) is 12.4 Å². The minimum absolute atomic E-state index is 0.0823. The second-order valence-electron chi connectivity index (χ2n) is 7.87. The summed E-state index contributed by atoms with van der Waals surface area (Å²) in [6.07, 6.45) is 0. The quantitative estimate of drug-likeness (QED) is 0.442. The first-order chi connectivity index (χ1) is 12.9. The molecule has 0 N–H and O–H groups in total. The van der Waals surface area contributed by atoms with Crippen molar-refractivity contribution in [3.05, 3.63) is 108 Å². The zero-order chi connectivity index (χ0) is 19.4. The van der Waals surface area contributed by atoms with Crippen LogP contribution in [0.4, 0.5) is 5.69 Å². The molecule has 0 aliphatic carbocycles. The van der Waals surface area contributed by atoms with E-state index >= 15 is 0 Å². The molecule has 0 unspecified atom stereocenters. The fourth-order valence-corrected chi connectivity index (χ4v) is 3.36. The molecule has 136 valence electrons. The fourth-order valence-electron chi connectivity index (χ4n) is 3.36. The average Bonchev–Trinajstić information content (AvgIpc) is 2.67. The number of nitrogens with zero attached hydrogens (tertiary/aromatic N) is 1. The van der Waals surface area contributed by atoms with E-state index in [2.05, 4.69) is 76.7 Å². The smallest absolute Gasteiger partial charge is 0.0781 e. The Balaban J connectivity index is 2.16. The molecule has 0 fully saturated rings. The molecule has 0 amide bonds. The van der Waals surface area contributed by atoms with Crippen molar-refractivity contribution >= 4 is 17.0 Å². The third kappa shape index (κ3) is 4.25. The number of rotatable bonds is 4. The van der Waals surface area contributed by atoms with Gasteiger partial charge in [0.25, 0.3) is 0 Å². The summed E-state index contributed by atoms with van der Waals surface area (Å²) in [5.74, 6) is 0. The van der Waals surface area contributed by atoms with Crippen LogP contribution in [0.15, 0.2) is 90.4 Å². The van der Waals surface area contributed by atoms with E-state index in [1.54, 1.807) is 0 Å². The van der Waals surface area contributed by atoms with Crippen LogP contribution in [0.25, 0.3) is 5.57 Å². The molecular formula is C26H27N. The maximum Gasteiger partial charge on any atom is 0.0781 e. The minimum Gasteiger partial charge on any atom is -0.248 e. The molecule has 3 aromatic carbocycles. The molecule has 0 aliphatic heterocycles. The highest BCUT2D eigenvalue weighted by molar-refractivity contribution is 6.31. The van der Waals surface area contributed by atoms with E-state index < -0.39 is 0 Å². The van der Waals surface area contributed by atoms with Crippen LogP contribution in [0.2, 0.25) is 0 Å². The Labute approximate surface area is 163 Å². The Morgan fingerprint density at radius 1 is 0.741 bits per heavy atom. The lowest BCUT2D eigenvalue weighted by Crippen LogP contribution is -2.13. The number of allylic oxidation sites excluding steroid dienone is 1. The maximum atomic E-state index is 5.10. The molecular weight excluding hydrogens is 326 g/mol. The lowest BCUT2D eigenvalue weighted by atomic mass is 9.83. The number of hydrogen-bond acceptors (Lipinski definition) is 1. The van der Waals surface area contributed by atoms with Gasteiger partial charge in [0.2, 0.25) is 0 Å². The highest BCUT2D eigenvalue weighted by atomic mass is 14.8. The minimum atomic E-state index is 0.0823. The van der Waals surface area contributed by atoms with Crippen molar-refractivity contribution in [1.82, 2.24) is 0 Å². The molecule has 0 heterocycles. The van der Waals surface area contributed by atoms with E-state index in [0.29, 0.717) is 0 Å². The molecule has 1 nitrogen and oxygen atoms in total. The summed E-state index contributed by atoms with van der Waals surface area (Å²) in [6.45, 7) is 13.2. The van der Waals surface area contributed by atoms with E-state index in [0.717, 1.165) is 28.1 Å². The maximum absolute atomic E-state index is 5.10. The van der Waals surface area contributed by atoms with Crippen LogP contribution in [0.5, 0.6) is 0 Å². The standard InChI is InChI=1S/C26H27N/c1-19(21-13-8-6-9-14-21)25(22-15-10-7-11-16-22)27-24-18-12-17-23(20(24)2)26(3,4)5/h6-18H,1H2,2-5H3. The Morgan fingerprint density at radius 3 is 1.85 bits per heavy atom. The van der Waals surface area contributed by atoms with E-state index in [1.165, 1.54) is 11.1 Å². The summed E-state index contributed by atoms with van der Waals surface area (Å²) in [5.41, 5.74) is 7.63. The zero-order valence-corrected chi connectivity index (χ0v) is 16.7. The highest BCUT2D eigenvalue weighted by Gasteiger charge is 2.18. The number of benzene rings is 3. The van der Waals surface area contributed by atoms with Crippen LogP contribution < -0.4 is 0 Å². The average molecular weight is 354 g/mol. The molecule has 0 aromatic heterocycles. The Kier molecular flexibility index (Phi) is 5.41. The third-order valence-electron chi connectivity index (χ3n) is 4.80. The van der Waals surface area contributed by atoms with Crippen LogP contribution >= 0.6 is 0 Å². The number of aliphatic imine (C=N–C) groups is 1. The molecule has 0 atom stereocenters. The molecule has 3 aromatic rings. The van der Waals surface area contributed by atoms with Crippen LogP contribution in [0.3, 0.4) is 0 Å². The zero-order valence-electron chi connectivity index (χ0n) is 16.7. The molecule has 0 spiro atoms. The van der Waals surface area contributed by atoms with Gasteiger partial charge in [-0.1, -0.05) is 100 Å². The van der Waals surface area contributed by atoms with Gasteiger partial charge in [0, 0.05) is 11.1 Å². The second kappa shape index (κ2) is 7.75. The Bertz CT molecular complexity index is 958. The van der Waals surface area contributed by atoms with Gasteiger partial charge in [-0.2, -0.15) is 0 Å². The van der Waals surface area contributed by atoms with Gasteiger partial charge in [-0.25, -0.2) is 4.99 Å². The van der Waals surface area contributed by atoms with Gasteiger partial charge >= 0.3 is 0 Å². The van der Waals surface area contributed by atoms with Crippen molar-refractivity contribution in [3.8, 4) is 0 Å². The van der Waals surface area contributed by atoms with E-state index in [1.807, 2.05) is 36.4 Å². The first-order valence-corrected chi connectivity index (χ1v) is 9.37. The molecule has 3 rings (SSSR count). The number of hydrogen-bond donors (Lipinski definition) is 0. The molecule has 0 aliphatic rings. The van der Waals surface area contributed by atoms with Gasteiger partial charge < -0.3 is 0 Å². The van der Waals surface area contributed by atoms with Crippen LogP contribution in [0.1, 0.15) is 43.0 Å². The summed E-state index contributed by atoms with van der Waals surface area (Å²) >= 11 is 0. The van der Waals surface area contributed by atoms with Crippen molar-refractivity contribution < 1.29 is 0 Å². The van der Waals surface area contributed by atoms with Gasteiger partial charge in [-0.3, -0.25) is 0 Å². The molecule has 0 saturated carbocycles. The summed E-state index contributed by atoms with van der Waals surface area (Å²) in [5, 5.41) is 0. The van der Waals surface area contributed by atoms with Gasteiger partial charge in [0.1, 0.15) is 0 Å². The lowest BCUT2D eigenvalue weighted by molar-refractivity contribution is 0.586. The van der Waals surface area contributed by atoms with Crippen molar-refractivity contribution in [3.63, 3.8) is 0 Å². The fraction of sp³-hybridized carbons (Fsp3) is 0.192. The SMILES string of the molecule is C=C(C(=Nc1cccc(C(C)(C)C)c1C)c1ccccc1)c1ccccc1. The summed E-state index contributed by atoms with van der Waals surface area (Å²) in [4.78, 5) is 5.10. The molecule has 27 heavy (non-hydrogen) atoms. The monoisotopic (exact) mass is 353 g/mol. The predicted octanol–water partition coefficient (Wildman–Crippen LogP) is 7.13. The largest absolute Gasteiger partial charge is 0.248 e. The van der Waals surface area contributed by atoms with Gasteiger partial charge in [-0.15, -0.1) is 0 Å². The first-order valence-electron chi connectivity index (χ1n) is 9.37. The van der Waals surface area contributed by atoms with Crippen molar-refractivity contribution in [2.45, 2.75) is 33.1 Å². The Morgan fingerprint density at radius 2 is 1.30 bits per heavy atom. The molecule has 0 saturated heterocycles. The first kappa shape index (κ1) is 18.8. The van der Waals surface area contributed by atoms with E-state index in [-0.39, 0.29) is 5.41 Å². The van der Waals surface area contributed by atoms with Gasteiger partial charge in [0.05, 0.1) is 11.4 Å². The molecule has 0 bridgehead atoms. The second-order valence-corrected chi connectivity index (χ2v) is 7.87. The molecule has 0 radical (unpaired) electrons. The summed E-state index contributed by atoms with van der Waals surface area (Å²) < 4.78 is 0. The normalized spacial score (nSPS) is 12.1. The van der Waals surface area contributed by atoms with Gasteiger partial charge in [-0.05, 0) is 35.1 Å². The van der Waals surface area contributed by atoms with Crippen LogP contribution in [-0.2, 0) is 5.41 Å². The van der Waals surface area contributed by atoms with Crippen molar-refractivity contribution in [2.75, 3.05) is 0 Å². The molecule has 1 heteroatoms. The van der Waals surface area contributed by atoms with Crippen LogP contribution in [-0.4, -0.2) is 5.71 Å². The van der Waals surface area contributed by atoms with Crippen LogP contribution in [0, 0.1) is 6.92 Å². The highest BCUT2D eigenvalue weighted by Crippen LogP contribution is 2.32. The van der Waals surface area contributed by atoms with E-state index in [9.17, 15) is 0 Å². The summed E-state index contributed by atoms with van der Waals surface area (Å²) in [7, 11) is 0. The van der Waals surface area contributed by atoms with Gasteiger partial charge in [0.15, 0.2) is 0 Å². The summed E-state index contributed by atoms with van der Waals surface area (Å²) in [6, 6.07) is 26.9. The Hall–Kier alpha value is -2.93.